The summed E-state index contributed by atoms with van der Waals surface area (Å²) in [5, 5.41) is 3.42. The molecular formula is C12H14N4. The number of hydrogen-bond donors (Lipinski definition) is 2. The third-order valence-electron chi connectivity index (χ3n) is 2.93. The van der Waals surface area contributed by atoms with Crippen LogP contribution in [0.15, 0.2) is 30.6 Å². The van der Waals surface area contributed by atoms with E-state index in [9.17, 15) is 0 Å². The molecule has 3 rings (SSSR count). The molecule has 0 amide bonds. The van der Waals surface area contributed by atoms with E-state index in [2.05, 4.69) is 20.3 Å². The summed E-state index contributed by atoms with van der Waals surface area (Å²) < 4.78 is 0. The van der Waals surface area contributed by atoms with Crippen LogP contribution in [-0.4, -0.2) is 21.5 Å². The van der Waals surface area contributed by atoms with E-state index in [0.29, 0.717) is 6.04 Å². The Morgan fingerprint density at radius 1 is 1.25 bits per heavy atom. The molecule has 1 aliphatic heterocycles. The fourth-order valence-corrected chi connectivity index (χ4v) is 2.08. The molecule has 0 spiro atoms. The first-order chi connectivity index (χ1) is 7.93. The molecule has 0 bridgehead atoms. The zero-order chi connectivity index (χ0) is 10.8. The lowest BCUT2D eigenvalue weighted by atomic mass is 10.2. The van der Waals surface area contributed by atoms with E-state index in [-0.39, 0.29) is 0 Å². The van der Waals surface area contributed by atoms with Gasteiger partial charge in [-0.25, -0.2) is 4.98 Å². The highest BCUT2D eigenvalue weighted by Crippen LogP contribution is 2.22. The van der Waals surface area contributed by atoms with Crippen molar-refractivity contribution in [1.29, 1.82) is 0 Å². The standard InChI is InChI=1S/C12H14N4/c1-2-6-13-9(4-1)11-8-15-12(16-11)10-5-3-7-14-10/h1-2,4,6,8,10,14H,3,5,7H2,(H,15,16)/t10-/m0/s1. The molecular weight excluding hydrogens is 200 g/mol. The number of rotatable bonds is 2. The summed E-state index contributed by atoms with van der Waals surface area (Å²) in [5.41, 5.74) is 1.93. The maximum atomic E-state index is 4.42. The van der Waals surface area contributed by atoms with Crippen LogP contribution in [0.5, 0.6) is 0 Å². The van der Waals surface area contributed by atoms with Crippen LogP contribution in [0.2, 0.25) is 0 Å². The molecule has 1 atom stereocenters. The summed E-state index contributed by atoms with van der Waals surface area (Å²) >= 11 is 0. The van der Waals surface area contributed by atoms with Gasteiger partial charge in [-0.05, 0) is 31.5 Å². The molecule has 1 fully saturated rings. The molecule has 2 aromatic heterocycles. The zero-order valence-corrected chi connectivity index (χ0v) is 8.98. The molecule has 0 aromatic carbocycles. The topological polar surface area (TPSA) is 53.6 Å². The van der Waals surface area contributed by atoms with Crippen molar-refractivity contribution in [3.63, 3.8) is 0 Å². The molecule has 0 radical (unpaired) electrons. The van der Waals surface area contributed by atoms with E-state index in [1.54, 1.807) is 6.20 Å². The second-order valence-corrected chi connectivity index (χ2v) is 4.05. The minimum atomic E-state index is 0.387. The van der Waals surface area contributed by atoms with E-state index in [1.807, 2.05) is 24.4 Å². The smallest absolute Gasteiger partial charge is 0.123 e. The van der Waals surface area contributed by atoms with Crippen LogP contribution in [0.4, 0.5) is 0 Å². The molecule has 1 saturated heterocycles. The molecule has 0 unspecified atom stereocenters. The fourth-order valence-electron chi connectivity index (χ4n) is 2.08. The van der Waals surface area contributed by atoms with Gasteiger partial charge in [0, 0.05) is 6.20 Å². The Hall–Kier alpha value is -1.68. The number of nitrogens with one attached hydrogen (secondary N) is 2. The number of hydrogen-bond acceptors (Lipinski definition) is 3. The first-order valence-corrected chi connectivity index (χ1v) is 5.63. The summed E-state index contributed by atoms with van der Waals surface area (Å²) in [4.78, 5) is 12.0. The lowest BCUT2D eigenvalue weighted by Gasteiger charge is -2.05. The Bertz CT molecular complexity index is 457. The van der Waals surface area contributed by atoms with Gasteiger partial charge >= 0.3 is 0 Å². The third-order valence-corrected chi connectivity index (χ3v) is 2.93. The van der Waals surface area contributed by atoms with Gasteiger partial charge in [-0.15, -0.1) is 0 Å². The number of aromatic nitrogens is 3. The second kappa shape index (κ2) is 4.06. The van der Waals surface area contributed by atoms with Gasteiger partial charge in [0.05, 0.1) is 23.6 Å². The SMILES string of the molecule is c1ccc(-c2cnc([C@@H]3CCCN3)[nH]2)nc1. The van der Waals surface area contributed by atoms with Crippen molar-refractivity contribution >= 4 is 0 Å². The molecule has 0 aliphatic carbocycles. The predicted molar refractivity (Wildman–Crippen MR) is 61.8 cm³/mol. The normalized spacial score (nSPS) is 20.1. The Morgan fingerprint density at radius 2 is 2.25 bits per heavy atom. The van der Waals surface area contributed by atoms with E-state index in [4.69, 9.17) is 0 Å². The molecule has 16 heavy (non-hydrogen) atoms. The van der Waals surface area contributed by atoms with Crippen LogP contribution in [0.1, 0.15) is 24.7 Å². The average Bonchev–Trinajstić information content (AvgIpc) is 3.01. The van der Waals surface area contributed by atoms with E-state index in [1.165, 1.54) is 6.42 Å². The third kappa shape index (κ3) is 1.72. The largest absolute Gasteiger partial charge is 0.339 e. The zero-order valence-electron chi connectivity index (χ0n) is 8.98. The van der Waals surface area contributed by atoms with Gasteiger partial charge in [-0.1, -0.05) is 6.07 Å². The summed E-state index contributed by atoms with van der Waals surface area (Å²) in [7, 11) is 0. The van der Waals surface area contributed by atoms with Crippen molar-refractivity contribution in [2.75, 3.05) is 6.54 Å². The van der Waals surface area contributed by atoms with Crippen molar-refractivity contribution in [1.82, 2.24) is 20.3 Å². The Balaban J connectivity index is 1.87. The minimum absolute atomic E-state index is 0.387. The highest BCUT2D eigenvalue weighted by molar-refractivity contribution is 5.52. The Labute approximate surface area is 94.1 Å². The second-order valence-electron chi connectivity index (χ2n) is 4.05. The number of nitrogens with zero attached hydrogens (tertiary/aromatic N) is 2. The van der Waals surface area contributed by atoms with Crippen LogP contribution >= 0.6 is 0 Å². The fraction of sp³-hybridized carbons (Fsp3) is 0.333. The highest BCUT2D eigenvalue weighted by Gasteiger charge is 2.19. The van der Waals surface area contributed by atoms with Gasteiger partial charge in [-0.3, -0.25) is 4.98 Å². The molecule has 2 N–H and O–H groups in total. The predicted octanol–water partition coefficient (Wildman–Crippen LogP) is 1.90. The van der Waals surface area contributed by atoms with E-state index >= 15 is 0 Å². The average molecular weight is 214 g/mol. The first kappa shape index (κ1) is 9.54. The number of aromatic amines is 1. The van der Waals surface area contributed by atoms with Crippen molar-refractivity contribution in [3.05, 3.63) is 36.4 Å². The molecule has 0 saturated carbocycles. The van der Waals surface area contributed by atoms with Crippen molar-refractivity contribution in [3.8, 4) is 11.4 Å². The monoisotopic (exact) mass is 214 g/mol. The molecule has 1 aliphatic rings. The summed E-state index contributed by atoms with van der Waals surface area (Å²) in [6.45, 7) is 1.09. The van der Waals surface area contributed by atoms with Crippen molar-refractivity contribution < 1.29 is 0 Å². The lowest BCUT2D eigenvalue weighted by Crippen LogP contribution is -2.14. The van der Waals surface area contributed by atoms with Crippen LogP contribution in [0.3, 0.4) is 0 Å². The van der Waals surface area contributed by atoms with E-state index < -0.39 is 0 Å². The van der Waals surface area contributed by atoms with E-state index in [0.717, 1.165) is 30.2 Å². The summed E-state index contributed by atoms with van der Waals surface area (Å²) in [6.07, 6.45) is 6.04. The number of H-pyrrole nitrogens is 1. The van der Waals surface area contributed by atoms with Crippen LogP contribution in [0, 0.1) is 0 Å². The molecule has 4 heteroatoms. The van der Waals surface area contributed by atoms with Gasteiger partial charge in [0.1, 0.15) is 5.82 Å². The van der Waals surface area contributed by atoms with Gasteiger partial charge in [0.2, 0.25) is 0 Å². The maximum Gasteiger partial charge on any atom is 0.123 e. The molecule has 82 valence electrons. The van der Waals surface area contributed by atoms with Crippen LogP contribution in [0.25, 0.3) is 11.4 Å². The van der Waals surface area contributed by atoms with Gasteiger partial charge in [0.25, 0.3) is 0 Å². The van der Waals surface area contributed by atoms with Crippen LogP contribution < -0.4 is 5.32 Å². The van der Waals surface area contributed by atoms with Crippen LogP contribution in [-0.2, 0) is 0 Å². The van der Waals surface area contributed by atoms with Gasteiger partial charge in [0.15, 0.2) is 0 Å². The molecule has 3 heterocycles. The highest BCUT2D eigenvalue weighted by atomic mass is 15.0. The van der Waals surface area contributed by atoms with Crippen molar-refractivity contribution in [2.45, 2.75) is 18.9 Å². The minimum Gasteiger partial charge on any atom is -0.339 e. The quantitative estimate of drug-likeness (QED) is 0.802. The lowest BCUT2D eigenvalue weighted by molar-refractivity contribution is 0.613. The Morgan fingerprint density at radius 3 is 3.00 bits per heavy atom. The first-order valence-electron chi connectivity index (χ1n) is 5.63. The van der Waals surface area contributed by atoms with Crippen molar-refractivity contribution in [2.24, 2.45) is 0 Å². The van der Waals surface area contributed by atoms with Gasteiger partial charge < -0.3 is 10.3 Å². The summed E-state index contributed by atoms with van der Waals surface area (Å²) in [6, 6.07) is 6.27. The summed E-state index contributed by atoms with van der Waals surface area (Å²) in [5.74, 6) is 1.03. The van der Waals surface area contributed by atoms with Gasteiger partial charge in [-0.2, -0.15) is 0 Å². The molecule has 4 nitrogen and oxygen atoms in total. The number of pyridine rings is 1. The number of imidazole rings is 1. The Kier molecular flexibility index (Phi) is 2.42. The molecule has 2 aromatic rings. The maximum absolute atomic E-state index is 4.42.